The Bertz CT molecular complexity index is 1510. The fourth-order valence-corrected chi connectivity index (χ4v) is 3.99. The van der Waals surface area contributed by atoms with Crippen molar-refractivity contribution in [3.05, 3.63) is 95.9 Å². The molecule has 3 aromatic carbocycles. The SMILES string of the molecule is Cc1ccccc1-n1nc(C)c(-c2ccc3nccnc3c2)c1Nc1ccccc1C(=O)O. The second-order valence-electron chi connectivity index (χ2n) is 7.74. The fraction of sp³-hybridized carbons (Fsp3) is 0.0769. The minimum atomic E-state index is -1.00. The van der Waals surface area contributed by atoms with Crippen LogP contribution in [0.2, 0.25) is 0 Å². The summed E-state index contributed by atoms with van der Waals surface area (Å²) in [7, 11) is 0. The van der Waals surface area contributed by atoms with E-state index in [1.165, 1.54) is 0 Å². The summed E-state index contributed by atoms with van der Waals surface area (Å²) >= 11 is 0. The molecule has 0 amide bonds. The molecular weight excluding hydrogens is 414 g/mol. The van der Waals surface area contributed by atoms with Crippen molar-refractivity contribution in [2.24, 2.45) is 0 Å². The lowest BCUT2D eigenvalue weighted by Crippen LogP contribution is -2.08. The van der Waals surface area contributed by atoms with E-state index in [-0.39, 0.29) is 5.56 Å². The highest BCUT2D eigenvalue weighted by Crippen LogP contribution is 2.37. The van der Waals surface area contributed by atoms with Gasteiger partial charge in [0.2, 0.25) is 0 Å². The van der Waals surface area contributed by atoms with Crippen LogP contribution in [0.25, 0.3) is 27.8 Å². The van der Waals surface area contributed by atoms with E-state index in [9.17, 15) is 9.90 Å². The number of benzene rings is 3. The number of fused-ring (bicyclic) bond motifs is 1. The number of carboxylic acids is 1. The second kappa shape index (κ2) is 8.20. The van der Waals surface area contributed by atoms with Crippen molar-refractivity contribution in [3.63, 3.8) is 0 Å². The predicted octanol–water partition coefficient (Wildman–Crippen LogP) is 5.54. The number of rotatable bonds is 5. The standard InChI is InChI=1S/C26H21N5O2/c1-16-7-3-6-10-23(16)31-25(29-20-9-5-4-8-19(20)26(32)33)24(17(2)30-31)18-11-12-21-22(15-18)28-14-13-27-21/h3-15,29H,1-2H3,(H,32,33). The molecule has 0 saturated carbocycles. The van der Waals surface area contributed by atoms with Crippen molar-refractivity contribution in [2.75, 3.05) is 5.32 Å². The first kappa shape index (κ1) is 20.4. The summed E-state index contributed by atoms with van der Waals surface area (Å²) in [6, 6.07) is 20.7. The average Bonchev–Trinajstić information content (AvgIpc) is 3.14. The number of aromatic nitrogens is 4. The Balaban J connectivity index is 1.76. The van der Waals surface area contributed by atoms with Gasteiger partial charge < -0.3 is 10.4 Å². The monoisotopic (exact) mass is 435 g/mol. The maximum atomic E-state index is 11.8. The molecule has 2 N–H and O–H groups in total. The zero-order valence-corrected chi connectivity index (χ0v) is 18.1. The van der Waals surface area contributed by atoms with Crippen molar-refractivity contribution < 1.29 is 9.90 Å². The third-order valence-electron chi connectivity index (χ3n) is 5.57. The highest BCUT2D eigenvalue weighted by atomic mass is 16.4. The van der Waals surface area contributed by atoms with Crippen molar-refractivity contribution in [1.82, 2.24) is 19.7 Å². The van der Waals surface area contributed by atoms with Gasteiger partial charge in [-0.3, -0.25) is 9.97 Å². The van der Waals surface area contributed by atoms with Crippen LogP contribution in [0, 0.1) is 13.8 Å². The minimum absolute atomic E-state index is 0.183. The van der Waals surface area contributed by atoms with Crippen LogP contribution in [-0.2, 0) is 0 Å². The number of hydrogen-bond acceptors (Lipinski definition) is 5. The number of nitrogens with zero attached hydrogens (tertiary/aromatic N) is 4. The van der Waals surface area contributed by atoms with Gasteiger partial charge in [0, 0.05) is 18.0 Å². The third kappa shape index (κ3) is 3.70. The summed E-state index contributed by atoms with van der Waals surface area (Å²) in [5.74, 6) is -0.321. The molecule has 0 unspecified atom stereocenters. The lowest BCUT2D eigenvalue weighted by molar-refractivity contribution is 0.0698. The van der Waals surface area contributed by atoms with E-state index in [0.717, 1.165) is 39.1 Å². The maximum Gasteiger partial charge on any atom is 0.337 e. The Hall–Kier alpha value is -4.52. The molecule has 0 aliphatic rings. The van der Waals surface area contributed by atoms with Crippen molar-refractivity contribution >= 4 is 28.5 Å². The number of hydrogen-bond donors (Lipinski definition) is 2. The topological polar surface area (TPSA) is 92.9 Å². The molecule has 2 aromatic heterocycles. The van der Waals surface area contributed by atoms with Crippen LogP contribution in [0.4, 0.5) is 11.5 Å². The number of carbonyl (C=O) groups is 1. The fourth-order valence-electron chi connectivity index (χ4n) is 3.99. The minimum Gasteiger partial charge on any atom is -0.478 e. The van der Waals surface area contributed by atoms with Crippen molar-refractivity contribution in [3.8, 4) is 16.8 Å². The van der Waals surface area contributed by atoms with Crippen LogP contribution >= 0.6 is 0 Å². The Labute approximate surface area is 190 Å². The van der Waals surface area contributed by atoms with Gasteiger partial charge in [-0.25, -0.2) is 9.48 Å². The normalized spacial score (nSPS) is 11.0. The second-order valence-corrected chi connectivity index (χ2v) is 7.74. The first-order chi connectivity index (χ1) is 16.0. The molecule has 7 nitrogen and oxygen atoms in total. The van der Waals surface area contributed by atoms with Gasteiger partial charge in [-0.05, 0) is 55.3 Å². The molecule has 0 bridgehead atoms. The maximum absolute atomic E-state index is 11.8. The highest BCUT2D eigenvalue weighted by Gasteiger charge is 2.21. The zero-order valence-electron chi connectivity index (χ0n) is 18.1. The summed E-state index contributed by atoms with van der Waals surface area (Å²) in [4.78, 5) is 20.6. The lowest BCUT2D eigenvalue weighted by Gasteiger charge is -2.15. The largest absolute Gasteiger partial charge is 0.478 e. The average molecular weight is 435 g/mol. The van der Waals surface area contributed by atoms with Crippen LogP contribution < -0.4 is 5.32 Å². The third-order valence-corrected chi connectivity index (χ3v) is 5.57. The molecule has 0 aliphatic heterocycles. The molecule has 7 heteroatoms. The van der Waals surface area contributed by atoms with E-state index < -0.39 is 5.97 Å². The smallest absolute Gasteiger partial charge is 0.337 e. The molecular formula is C26H21N5O2. The van der Waals surface area contributed by atoms with E-state index in [2.05, 4.69) is 15.3 Å². The molecule has 33 heavy (non-hydrogen) atoms. The lowest BCUT2D eigenvalue weighted by atomic mass is 10.0. The Morgan fingerprint density at radius 1 is 0.909 bits per heavy atom. The van der Waals surface area contributed by atoms with Gasteiger partial charge in [-0.1, -0.05) is 36.4 Å². The van der Waals surface area contributed by atoms with Crippen LogP contribution in [0.5, 0.6) is 0 Å². The highest BCUT2D eigenvalue weighted by molar-refractivity contribution is 5.96. The molecule has 5 rings (SSSR count). The van der Waals surface area contributed by atoms with Gasteiger partial charge in [-0.2, -0.15) is 5.10 Å². The number of carboxylic acid groups (broad SMARTS) is 1. The van der Waals surface area contributed by atoms with Gasteiger partial charge in [0.25, 0.3) is 0 Å². The van der Waals surface area contributed by atoms with Gasteiger partial charge in [-0.15, -0.1) is 0 Å². The predicted molar refractivity (Wildman–Crippen MR) is 128 cm³/mol. The summed E-state index contributed by atoms with van der Waals surface area (Å²) in [6.07, 6.45) is 3.33. The van der Waals surface area contributed by atoms with Crippen molar-refractivity contribution in [1.29, 1.82) is 0 Å². The van der Waals surface area contributed by atoms with Gasteiger partial charge in [0.05, 0.1) is 33.7 Å². The van der Waals surface area contributed by atoms with Gasteiger partial charge in [0.15, 0.2) is 0 Å². The summed E-state index contributed by atoms with van der Waals surface area (Å²) in [5.41, 5.74) is 6.78. The summed E-state index contributed by atoms with van der Waals surface area (Å²) < 4.78 is 1.83. The molecule has 0 spiro atoms. The summed E-state index contributed by atoms with van der Waals surface area (Å²) in [6.45, 7) is 3.96. The zero-order chi connectivity index (χ0) is 22.9. The van der Waals surface area contributed by atoms with E-state index in [1.54, 1.807) is 36.7 Å². The van der Waals surface area contributed by atoms with E-state index >= 15 is 0 Å². The Kier molecular flexibility index (Phi) is 5.06. The first-order valence-electron chi connectivity index (χ1n) is 10.5. The molecule has 162 valence electrons. The molecule has 2 heterocycles. The quantitative estimate of drug-likeness (QED) is 0.376. The first-order valence-corrected chi connectivity index (χ1v) is 10.5. The molecule has 0 atom stereocenters. The van der Waals surface area contributed by atoms with Crippen LogP contribution in [0.3, 0.4) is 0 Å². The van der Waals surface area contributed by atoms with E-state index in [1.807, 2.05) is 61.0 Å². The number of nitrogens with one attached hydrogen (secondary N) is 1. The van der Waals surface area contributed by atoms with Crippen molar-refractivity contribution in [2.45, 2.75) is 13.8 Å². The van der Waals surface area contributed by atoms with Crippen LogP contribution in [0.15, 0.2) is 79.1 Å². The van der Waals surface area contributed by atoms with Gasteiger partial charge >= 0.3 is 5.97 Å². The van der Waals surface area contributed by atoms with Crippen LogP contribution in [0.1, 0.15) is 21.6 Å². The number of aromatic carboxylic acids is 1. The number of aryl methyl sites for hydroxylation is 2. The van der Waals surface area contributed by atoms with Crippen LogP contribution in [-0.4, -0.2) is 30.8 Å². The molecule has 0 saturated heterocycles. The molecule has 5 aromatic rings. The van der Waals surface area contributed by atoms with E-state index in [0.29, 0.717) is 11.5 Å². The molecule has 0 radical (unpaired) electrons. The van der Waals surface area contributed by atoms with Gasteiger partial charge in [0.1, 0.15) is 5.82 Å². The Morgan fingerprint density at radius 3 is 2.42 bits per heavy atom. The number of anilines is 2. The number of para-hydroxylation sites is 2. The van der Waals surface area contributed by atoms with E-state index in [4.69, 9.17) is 5.10 Å². The Morgan fingerprint density at radius 2 is 1.64 bits per heavy atom. The molecule has 0 fully saturated rings. The summed E-state index contributed by atoms with van der Waals surface area (Å²) in [5, 5.41) is 17.9. The molecule has 0 aliphatic carbocycles.